The summed E-state index contributed by atoms with van der Waals surface area (Å²) in [7, 11) is 0. The maximum absolute atomic E-state index is 10.9. The smallest absolute Gasteiger partial charge is 0.284 e. The molecule has 2 rings (SSSR count). The van der Waals surface area contributed by atoms with Crippen LogP contribution in [0.1, 0.15) is 10.4 Å². The number of fused-ring (bicyclic) bond motifs is 1. The molecule has 0 radical (unpaired) electrons. The predicted molar refractivity (Wildman–Crippen MR) is 62.6 cm³/mol. The molecule has 0 N–H and O–H groups in total. The number of hydrogen-bond acceptors (Lipinski definition) is 5. The summed E-state index contributed by atoms with van der Waals surface area (Å²) in [6.07, 6.45) is 0.464. The molecular formula is C11H6N2O5. The Hall–Kier alpha value is -2.83. The molecule has 0 saturated heterocycles. The van der Waals surface area contributed by atoms with Gasteiger partial charge in [0, 0.05) is 17.7 Å². The summed E-state index contributed by atoms with van der Waals surface area (Å²) in [5.41, 5.74) is -0.687. The Morgan fingerprint density at radius 3 is 2.22 bits per heavy atom. The van der Waals surface area contributed by atoms with Crippen molar-refractivity contribution in [3.63, 3.8) is 0 Å². The average Bonchev–Trinajstić information content (AvgIpc) is 2.36. The van der Waals surface area contributed by atoms with Crippen molar-refractivity contribution in [1.29, 1.82) is 0 Å². The van der Waals surface area contributed by atoms with Crippen LogP contribution in [0.3, 0.4) is 0 Å². The van der Waals surface area contributed by atoms with Crippen molar-refractivity contribution < 1.29 is 14.6 Å². The van der Waals surface area contributed by atoms with Crippen LogP contribution in [0.5, 0.6) is 0 Å². The maximum Gasteiger partial charge on any atom is 0.284 e. The molecule has 2 aromatic carbocycles. The number of hydrogen-bond donors (Lipinski definition) is 0. The second-order valence-electron chi connectivity index (χ2n) is 3.55. The highest BCUT2D eigenvalue weighted by Crippen LogP contribution is 2.34. The Balaban J connectivity index is 2.96. The van der Waals surface area contributed by atoms with Gasteiger partial charge in [-0.1, -0.05) is 12.1 Å². The third kappa shape index (κ3) is 1.77. The minimum Gasteiger partial charge on any atom is -0.298 e. The molecule has 0 aliphatic carbocycles. The van der Waals surface area contributed by atoms with Crippen molar-refractivity contribution in [1.82, 2.24) is 0 Å². The van der Waals surface area contributed by atoms with Crippen LogP contribution >= 0.6 is 0 Å². The van der Waals surface area contributed by atoms with E-state index < -0.39 is 15.5 Å². The highest BCUT2D eigenvalue weighted by Gasteiger charge is 2.22. The van der Waals surface area contributed by atoms with E-state index in [1.165, 1.54) is 24.3 Å². The molecule has 7 heteroatoms. The van der Waals surface area contributed by atoms with Crippen LogP contribution in [0.15, 0.2) is 30.3 Å². The summed E-state index contributed by atoms with van der Waals surface area (Å²) in [5.74, 6) is 0. The van der Waals surface area contributed by atoms with Gasteiger partial charge in [-0.05, 0) is 11.5 Å². The van der Waals surface area contributed by atoms with E-state index in [4.69, 9.17) is 0 Å². The van der Waals surface area contributed by atoms with E-state index in [1.807, 2.05) is 0 Å². The van der Waals surface area contributed by atoms with E-state index in [2.05, 4.69) is 0 Å². The largest absolute Gasteiger partial charge is 0.298 e. The number of carbonyl (C=O) groups excluding carboxylic acids is 1. The monoisotopic (exact) mass is 246 g/mol. The van der Waals surface area contributed by atoms with Crippen molar-refractivity contribution in [3.8, 4) is 0 Å². The van der Waals surface area contributed by atoms with Crippen LogP contribution in [0, 0.1) is 20.2 Å². The number of carbonyl (C=O) groups is 1. The minimum atomic E-state index is -0.734. The molecule has 7 nitrogen and oxygen atoms in total. The second-order valence-corrected chi connectivity index (χ2v) is 3.55. The zero-order chi connectivity index (χ0) is 13.3. The number of benzene rings is 2. The molecule has 0 aliphatic heterocycles. The maximum atomic E-state index is 10.9. The molecule has 0 saturated carbocycles. The topological polar surface area (TPSA) is 103 Å². The van der Waals surface area contributed by atoms with Crippen LogP contribution in [0.4, 0.5) is 11.4 Å². The molecule has 2 aromatic rings. The van der Waals surface area contributed by atoms with E-state index >= 15 is 0 Å². The third-order valence-electron chi connectivity index (χ3n) is 2.49. The molecule has 0 spiro atoms. The first kappa shape index (κ1) is 11.6. The summed E-state index contributed by atoms with van der Waals surface area (Å²) in [6, 6.07) is 6.50. The zero-order valence-corrected chi connectivity index (χ0v) is 8.90. The average molecular weight is 246 g/mol. The Bertz CT molecular complexity index is 680. The molecule has 0 fully saturated rings. The third-order valence-corrected chi connectivity index (χ3v) is 2.49. The van der Waals surface area contributed by atoms with Gasteiger partial charge in [-0.25, -0.2) is 0 Å². The number of aldehydes is 1. The van der Waals surface area contributed by atoms with Crippen LogP contribution in [0.2, 0.25) is 0 Å². The molecule has 0 atom stereocenters. The number of nitrogens with zero attached hydrogens (tertiary/aromatic N) is 2. The van der Waals surface area contributed by atoms with Crippen LogP contribution in [-0.4, -0.2) is 16.1 Å². The first-order valence-corrected chi connectivity index (χ1v) is 4.85. The number of rotatable bonds is 3. The molecule has 18 heavy (non-hydrogen) atoms. The molecule has 90 valence electrons. The highest BCUT2D eigenvalue weighted by molar-refractivity contribution is 6.01. The van der Waals surface area contributed by atoms with Gasteiger partial charge in [0.25, 0.3) is 11.4 Å². The lowest BCUT2D eigenvalue weighted by Crippen LogP contribution is -1.96. The van der Waals surface area contributed by atoms with E-state index in [1.54, 1.807) is 0 Å². The molecule has 0 aliphatic rings. The van der Waals surface area contributed by atoms with Crippen molar-refractivity contribution in [2.24, 2.45) is 0 Å². The summed E-state index contributed by atoms with van der Waals surface area (Å²) in [6.45, 7) is 0. The van der Waals surface area contributed by atoms with Crippen molar-refractivity contribution in [2.75, 3.05) is 0 Å². The summed E-state index contributed by atoms with van der Waals surface area (Å²) in [4.78, 5) is 31.1. The summed E-state index contributed by atoms with van der Waals surface area (Å²) in [5, 5.41) is 22.0. The lowest BCUT2D eigenvalue weighted by Gasteiger charge is -2.02. The van der Waals surface area contributed by atoms with E-state index in [0.717, 1.165) is 6.07 Å². The van der Waals surface area contributed by atoms with Gasteiger partial charge in [-0.15, -0.1) is 0 Å². The first-order chi connectivity index (χ1) is 8.54. The van der Waals surface area contributed by atoms with Gasteiger partial charge < -0.3 is 0 Å². The van der Waals surface area contributed by atoms with Crippen molar-refractivity contribution >= 4 is 28.4 Å². The van der Waals surface area contributed by atoms with Gasteiger partial charge in [-0.3, -0.25) is 25.0 Å². The van der Waals surface area contributed by atoms with Gasteiger partial charge in [0.1, 0.15) is 11.7 Å². The minimum absolute atomic E-state index is 0.0712. The number of nitro benzene ring substituents is 2. The van der Waals surface area contributed by atoms with E-state index in [0.29, 0.717) is 11.7 Å². The van der Waals surface area contributed by atoms with E-state index in [9.17, 15) is 25.0 Å². The lowest BCUT2D eigenvalue weighted by atomic mass is 10.0. The van der Waals surface area contributed by atoms with Gasteiger partial charge in [0.15, 0.2) is 0 Å². The van der Waals surface area contributed by atoms with Crippen molar-refractivity contribution in [2.45, 2.75) is 0 Å². The fourth-order valence-corrected chi connectivity index (χ4v) is 1.77. The van der Waals surface area contributed by atoms with Crippen LogP contribution in [0.25, 0.3) is 10.8 Å². The highest BCUT2D eigenvalue weighted by atomic mass is 16.6. The lowest BCUT2D eigenvalue weighted by molar-refractivity contribution is -0.390. The fourth-order valence-electron chi connectivity index (χ4n) is 1.77. The van der Waals surface area contributed by atoms with Gasteiger partial charge in [0.05, 0.1) is 9.85 Å². The molecule has 0 aromatic heterocycles. The first-order valence-electron chi connectivity index (χ1n) is 4.85. The Morgan fingerprint density at radius 2 is 1.67 bits per heavy atom. The molecule has 0 bridgehead atoms. The van der Waals surface area contributed by atoms with Crippen molar-refractivity contribution in [3.05, 3.63) is 56.1 Å². The Kier molecular flexibility index (Phi) is 2.72. The Labute approximate surface area is 99.9 Å². The molecule has 0 unspecified atom stereocenters. The molecular weight excluding hydrogens is 240 g/mol. The predicted octanol–water partition coefficient (Wildman–Crippen LogP) is 2.47. The molecule has 0 amide bonds. The van der Waals surface area contributed by atoms with Crippen LogP contribution in [-0.2, 0) is 0 Å². The SMILES string of the molecule is O=Cc1cc([N+](=O)[O-])c2c([N+](=O)[O-])cccc2c1. The van der Waals surface area contributed by atoms with Crippen LogP contribution < -0.4 is 0 Å². The van der Waals surface area contributed by atoms with E-state index in [-0.39, 0.29) is 16.6 Å². The normalized spacial score (nSPS) is 10.2. The summed E-state index contributed by atoms with van der Waals surface area (Å²) < 4.78 is 0. The Morgan fingerprint density at radius 1 is 1.00 bits per heavy atom. The van der Waals surface area contributed by atoms with Gasteiger partial charge in [0.2, 0.25) is 0 Å². The molecule has 0 heterocycles. The number of non-ortho nitro benzene ring substituents is 2. The second kappa shape index (κ2) is 4.21. The summed E-state index contributed by atoms with van der Waals surface area (Å²) >= 11 is 0. The zero-order valence-electron chi connectivity index (χ0n) is 8.90. The quantitative estimate of drug-likeness (QED) is 0.470. The number of nitro groups is 2. The van der Waals surface area contributed by atoms with Gasteiger partial charge >= 0.3 is 0 Å². The van der Waals surface area contributed by atoms with Gasteiger partial charge in [-0.2, -0.15) is 0 Å². The standard InChI is InChI=1S/C11H6N2O5/c14-6-7-4-8-2-1-3-9(12(15)16)11(8)10(5-7)13(17)18/h1-6H. The fraction of sp³-hybridized carbons (Fsp3) is 0.